The largest absolute Gasteiger partial charge is 0.488 e. The molecule has 2 aromatic carbocycles. The number of rotatable bonds is 4. The zero-order chi connectivity index (χ0) is 14.7. The fourth-order valence-electron chi connectivity index (χ4n) is 2.24. The first-order chi connectivity index (χ1) is 9.45. The van der Waals surface area contributed by atoms with Gasteiger partial charge in [-0.05, 0) is 44.0 Å². The highest BCUT2D eigenvalue weighted by Gasteiger charge is 2.11. The number of carboxylic acids is 1. The van der Waals surface area contributed by atoms with E-state index >= 15 is 0 Å². The van der Waals surface area contributed by atoms with Crippen molar-refractivity contribution in [2.45, 2.75) is 27.4 Å². The van der Waals surface area contributed by atoms with Crippen molar-refractivity contribution >= 4 is 5.97 Å². The molecule has 0 saturated carbocycles. The Morgan fingerprint density at radius 1 is 1.00 bits per heavy atom. The second kappa shape index (κ2) is 5.78. The third kappa shape index (κ3) is 3.38. The lowest BCUT2D eigenvalue weighted by atomic mass is 10.1. The van der Waals surface area contributed by atoms with Gasteiger partial charge in [0, 0.05) is 0 Å². The molecule has 3 nitrogen and oxygen atoms in total. The minimum Gasteiger partial charge on any atom is -0.488 e. The molecular weight excluding hydrogens is 252 g/mol. The molecule has 0 spiro atoms. The molecule has 3 heteroatoms. The van der Waals surface area contributed by atoms with Gasteiger partial charge in [-0.1, -0.05) is 35.4 Å². The standard InChI is InChI=1S/C17H18O3/c1-11-4-5-15(17(18)19)16(9-11)20-10-14-7-12(2)6-13(3)8-14/h4-9H,10H2,1-3H3,(H,18,19). The van der Waals surface area contributed by atoms with Gasteiger partial charge >= 0.3 is 5.97 Å². The Bertz CT molecular complexity index is 624. The smallest absolute Gasteiger partial charge is 0.339 e. The number of aryl methyl sites for hydroxylation is 3. The van der Waals surface area contributed by atoms with E-state index < -0.39 is 5.97 Å². The molecule has 0 aromatic heterocycles. The summed E-state index contributed by atoms with van der Waals surface area (Å²) in [5.41, 5.74) is 4.56. The molecule has 104 valence electrons. The Kier molecular flexibility index (Phi) is 4.08. The minimum absolute atomic E-state index is 0.194. The van der Waals surface area contributed by atoms with Crippen molar-refractivity contribution in [1.29, 1.82) is 0 Å². The van der Waals surface area contributed by atoms with Crippen molar-refractivity contribution in [2.75, 3.05) is 0 Å². The summed E-state index contributed by atoms with van der Waals surface area (Å²) in [4.78, 5) is 11.2. The summed E-state index contributed by atoms with van der Waals surface area (Å²) < 4.78 is 5.69. The van der Waals surface area contributed by atoms with E-state index in [0.29, 0.717) is 12.4 Å². The highest BCUT2D eigenvalue weighted by molar-refractivity contribution is 5.90. The van der Waals surface area contributed by atoms with Crippen LogP contribution in [0, 0.1) is 20.8 Å². The zero-order valence-electron chi connectivity index (χ0n) is 11.9. The number of aromatic carboxylic acids is 1. The normalized spacial score (nSPS) is 10.3. The molecule has 0 atom stereocenters. The predicted octanol–water partition coefficient (Wildman–Crippen LogP) is 3.89. The molecule has 0 saturated heterocycles. The minimum atomic E-state index is -0.972. The Balaban J connectivity index is 2.22. The van der Waals surface area contributed by atoms with Crippen molar-refractivity contribution in [3.05, 3.63) is 64.2 Å². The van der Waals surface area contributed by atoms with E-state index in [9.17, 15) is 4.79 Å². The number of carboxylic acid groups (broad SMARTS) is 1. The fourth-order valence-corrected chi connectivity index (χ4v) is 2.24. The first-order valence-corrected chi connectivity index (χ1v) is 6.49. The summed E-state index contributed by atoms with van der Waals surface area (Å²) >= 11 is 0. The topological polar surface area (TPSA) is 46.5 Å². The second-order valence-corrected chi connectivity index (χ2v) is 5.09. The molecule has 0 amide bonds. The third-order valence-corrected chi connectivity index (χ3v) is 3.04. The Hall–Kier alpha value is -2.29. The SMILES string of the molecule is Cc1cc(C)cc(COc2cc(C)ccc2C(=O)O)c1. The van der Waals surface area contributed by atoms with Gasteiger partial charge in [0.1, 0.15) is 17.9 Å². The maximum Gasteiger partial charge on any atom is 0.339 e. The number of ether oxygens (including phenoxy) is 1. The van der Waals surface area contributed by atoms with Crippen LogP contribution in [0.25, 0.3) is 0 Å². The predicted molar refractivity (Wildman–Crippen MR) is 78.4 cm³/mol. The second-order valence-electron chi connectivity index (χ2n) is 5.09. The van der Waals surface area contributed by atoms with Gasteiger partial charge in [-0.25, -0.2) is 4.79 Å². The number of benzene rings is 2. The van der Waals surface area contributed by atoms with Crippen molar-refractivity contribution in [3.8, 4) is 5.75 Å². The molecule has 0 heterocycles. The summed E-state index contributed by atoms with van der Waals surface area (Å²) in [6, 6.07) is 11.3. The van der Waals surface area contributed by atoms with E-state index in [-0.39, 0.29) is 5.56 Å². The Morgan fingerprint density at radius 2 is 1.65 bits per heavy atom. The molecule has 0 aliphatic carbocycles. The molecule has 0 aliphatic rings. The lowest BCUT2D eigenvalue weighted by Gasteiger charge is -2.11. The Labute approximate surface area is 118 Å². The van der Waals surface area contributed by atoms with Crippen LogP contribution in [0.4, 0.5) is 0 Å². The molecule has 20 heavy (non-hydrogen) atoms. The monoisotopic (exact) mass is 270 g/mol. The van der Waals surface area contributed by atoms with Crippen molar-refractivity contribution in [2.24, 2.45) is 0 Å². The molecular formula is C17H18O3. The van der Waals surface area contributed by atoms with Gasteiger partial charge in [-0.3, -0.25) is 0 Å². The maximum atomic E-state index is 11.2. The van der Waals surface area contributed by atoms with Crippen LogP contribution in [0.15, 0.2) is 36.4 Å². The summed E-state index contributed by atoms with van der Waals surface area (Å²) in [6.45, 7) is 6.35. The average Bonchev–Trinajstić information content (AvgIpc) is 2.35. The van der Waals surface area contributed by atoms with Gasteiger partial charge in [-0.15, -0.1) is 0 Å². The summed E-state index contributed by atoms with van der Waals surface area (Å²) in [6.07, 6.45) is 0. The summed E-state index contributed by atoms with van der Waals surface area (Å²) in [7, 11) is 0. The molecule has 0 aliphatic heterocycles. The van der Waals surface area contributed by atoms with Crippen LogP contribution < -0.4 is 4.74 Å². The number of hydrogen-bond acceptors (Lipinski definition) is 2. The zero-order valence-corrected chi connectivity index (χ0v) is 11.9. The molecule has 0 bridgehead atoms. The highest BCUT2D eigenvalue weighted by Crippen LogP contribution is 2.22. The molecule has 1 N–H and O–H groups in total. The lowest BCUT2D eigenvalue weighted by Crippen LogP contribution is -2.04. The van der Waals surface area contributed by atoms with Gasteiger partial charge in [-0.2, -0.15) is 0 Å². The van der Waals surface area contributed by atoms with Crippen LogP contribution in [0.2, 0.25) is 0 Å². The third-order valence-electron chi connectivity index (χ3n) is 3.04. The van der Waals surface area contributed by atoms with E-state index in [2.05, 4.69) is 6.07 Å². The Morgan fingerprint density at radius 3 is 2.25 bits per heavy atom. The molecule has 0 fully saturated rings. The number of hydrogen-bond donors (Lipinski definition) is 1. The van der Waals surface area contributed by atoms with Crippen molar-refractivity contribution in [3.63, 3.8) is 0 Å². The molecule has 0 unspecified atom stereocenters. The van der Waals surface area contributed by atoms with Crippen LogP contribution in [0.5, 0.6) is 5.75 Å². The summed E-state index contributed by atoms with van der Waals surface area (Å²) in [5, 5.41) is 9.16. The van der Waals surface area contributed by atoms with Crippen molar-refractivity contribution < 1.29 is 14.6 Å². The fraction of sp³-hybridized carbons (Fsp3) is 0.235. The van der Waals surface area contributed by atoms with Crippen molar-refractivity contribution in [1.82, 2.24) is 0 Å². The first-order valence-electron chi connectivity index (χ1n) is 6.49. The van der Waals surface area contributed by atoms with E-state index in [1.165, 1.54) is 11.1 Å². The van der Waals surface area contributed by atoms with Gasteiger partial charge in [0.05, 0.1) is 0 Å². The van der Waals surface area contributed by atoms with E-state index in [4.69, 9.17) is 9.84 Å². The molecule has 2 aromatic rings. The van der Waals surface area contributed by atoms with E-state index in [0.717, 1.165) is 11.1 Å². The average molecular weight is 270 g/mol. The van der Waals surface area contributed by atoms with E-state index in [1.54, 1.807) is 18.2 Å². The highest BCUT2D eigenvalue weighted by atomic mass is 16.5. The van der Waals surface area contributed by atoms with Gasteiger partial charge < -0.3 is 9.84 Å². The quantitative estimate of drug-likeness (QED) is 0.916. The van der Waals surface area contributed by atoms with Crippen LogP contribution in [0.1, 0.15) is 32.6 Å². The van der Waals surface area contributed by atoms with Gasteiger partial charge in [0.15, 0.2) is 0 Å². The maximum absolute atomic E-state index is 11.2. The van der Waals surface area contributed by atoms with Crippen LogP contribution in [-0.4, -0.2) is 11.1 Å². The first kappa shape index (κ1) is 14.1. The van der Waals surface area contributed by atoms with Gasteiger partial charge in [0.25, 0.3) is 0 Å². The van der Waals surface area contributed by atoms with Crippen LogP contribution in [-0.2, 0) is 6.61 Å². The molecule has 0 radical (unpaired) electrons. The van der Waals surface area contributed by atoms with Gasteiger partial charge in [0.2, 0.25) is 0 Å². The van der Waals surface area contributed by atoms with Crippen LogP contribution >= 0.6 is 0 Å². The lowest BCUT2D eigenvalue weighted by molar-refractivity contribution is 0.0691. The summed E-state index contributed by atoms with van der Waals surface area (Å²) in [5.74, 6) is -0.558. The van der Waals surface area contributed by atoms with E-state index in [1.807, 2.05) is 32.9 Å². The van der Waals surface area contributed by atoms with Crippen LogP contribution in [0.3, 0.4) is 0 Å². The number of carbonyl (C=O) groups is 1. The molecule has 2 rings (SSSR count).